The highest BCUT2D eigenvalue weighted by Gasteiger charge is 2.45. The maximum absolute atomic E-state index is 14.1. The van der Waals surface area contributed by atoms with Gasteiger partial charge in [0.05, 0.1) is 22.5 Å². The van der Waals surface area contributed by atoms with Gasteiger partial charge in [0.15, 0.2) is 9.84 Å². The molecule has 2 heterocycles. The summed E-state index contributed by atoms with van der Waals surface area (Å²) in [5, 5.41) is 8.93. The lowest BCUT2D eigenvalue weighted by Crippen LogP contribution is -2.60. The number of piperidine rings is 1. The van der Waals surface area contributed by atoms with Gasteiger partial charge in [0.2, 0.25) is 5.91 Å². The second-order valence-electron chi connectivity index (χ2n) is 11.5. The van der Waals surface area contributed by atoms with Crippen LogP contribution in [0.5, 0.6) is 0 Å². The number of hydrogen-bond donors (Lipinski definition) is 3. The van der Waals surface area contributed by atoms with Gasteiger partial charge in [-0.2, -0.15) is 0 Å². The van der Waals surface area contributed by atoms with Gasteiger partial charge in [0.1, 0.15) is 12.1 Å². The van der Waals surface area contributed by atoms with Crippen LogP contribution >= 0.6 is 0 Å². The molecule has 12 nitrogen and oxygen atoms in total. The quantitative estimate of drug-likeness (QED) is 0.320. The van der Waals surface area contributed by atoms with E-state index in [1.165, 1.54) is 12.1 Å². The van der Waals surface area contributed by atoms with Crippen molar-refractivity contribution in [3.8, 4) is 0 Å². The van der Waals surface area contributed by atoms with Gasteiger partial charge in [-0.25, -0.2) is 25.9 Å². The zero-order chi connectivity index (χ0) is 32.1. The number of carbonyl (C=O) groups excluding carboxylic acids is 3. The van der Waals surface area contributed by atoms with Crippen molar-refractivity contribution in [1.29, 1.82) is 0 Å². The molecule has 0 bridgehead atoms. The molecule has 0 aliphatic carbocycles. The van der Waals surface area contributed by atoms with Gasteiger partial charge in [0.25, 0.3) is 15.9 Å². The molecule has 44 heavy (non-hydrogen) atoms. The van der Waals surface area contributed by atoms with Crippen LogP contribution in [0.25, 0.3) is 0 Å². The zero-order valence-electron chi connectivity index (χ0n) is 25.1. The van der Waals surface area contributed by atoms with Crippen molar-refractivity contribution in [2.45, 2.75) is 63.1 Å². The minimum atomic E-state index is -4.65. The lowest BCUT2D eigenvalue weighted by molar-refractivity contribution is -0.155. The Morgan fingerprint density at radius 2 is 1.64 bits per heavy atom. The summed E-state index contributed by atoms with van der Waals surface area (Å²) in [6, 6.07) is 9.35. The molecular weight excluding hydrogens is 608 g/mol. The van der Waals surface area contributed by atoms with Crippen molar-refractivity contribution in [2.24, 2.45) is 5.92 Å². The molecule has 240 valence electrons. The van der Waals surface area contributed by atoms with Crippen LogP contribution in [-0.4, -0.2) is 88.3 Å². The number of sulfone groups is 1. The fraction of sp³-hybridized carbons (Fsp3) is 0.500. The van der Waals surface area contributed by atoms with E-state index >= 15 is 0 Å². The topological polar surface area (TPSA) is 168 Å². The molecular formula is C30H40N4O8S2. The fourth-order valence-corrected chi connectivity index (χ4v) is 8.14. The minimum Gasteiger partial charge on any atom is -0.461 e. The molecule has 14 heteroatoms. The summed E-state index contributed by atoms with van der Waals surface area (Å²) in [6.07, 6.45) is 0.606. The van der Waals surface area contributed by atoms with Crippen LogP contribution < -0.4 is 16.0 Å². The normalized spacial score (nSPS) is 19.6. The summed E-state index contributed by atoms with van der Waals surface area (Å²) >= 11 is 0. The molecule has 4 rings (SSSR count). The van der Waals surface area contributed by atoms with Crippen LogP contribution in [0.1, 0.15) is 37.8 Å². The smallest absolute Gasteiger partial charge is 0.330 e. The molecule has 2 aliphatic rings. The number of benzene rings is 2. The third kappa shape index (κ3) is 8.43. The van der Waals surface area contributed by atoms with Crippen LogP contribution in [0.4, 0.5) is 5.69 Å². The van der Waals surface area contributed by atoms with Crippen molar-refractivity contribution in [2.75, 3.05) is 36.5 Å². The summed E-state index contributed by atoms with van der Waals surface area (Å²) in [7, 11) is -8.29. The third-order valence-electron chi connectivity index (χ3n) is 7.58. The van der Waals surface area contributed by atoms with E-state index < -0.39 is 55.7 Å². The number of ether oxygens (including phenoxy) is 1. The first kappa shape index (κ1) is 33.6. The largest absolute Gasteiger partial charge is 0.461 e. The number of aryl methyl sites for hydroxylation is 1. The SMILES string of the molecule is Cc1ccc(S(=O)(=O)N(C(=O)C2CS(=O)(=O)CCN2)[C@@H](Cc2ccc(NC(=O)C3CCNCC3)cc2)C(=O)OC(C)C)cc1. The number of sulfonamides is 1. The molecule has 0 spiro atoms. The lowest BCUT2D eigenvalue weighted by Gasteiger charge is -2.34. The van der Waals surface area contributed by atoms with Crippen molar-refractivity contribution in [3.05, 3.63) is 59.7 Å². The summed E-state index contributed by atoms with van der Waals surface area (Å²) in [5.74, 6) is -3.01. The first-order chi connectivity index (χ1) is 20.8. The second-order valence-corrected chi connectivity index (χ2v) is 15.5. The number of esters is 1. The van der Waals surface area contributed by atoms with Crippen molar-refractivity contribution in [3.63, 3.8) is 0 Å². The molecule has 2 saturated heterocycles. The first-order valence-electron chi connectivity index (χ1n) is 14.7. The number of rotatable bonds is 10. The highest BCUT2D eigenvalue weighted by molar-refractivity contribution is 7.91. The Bertz CT molecular complexity index is 1550. The zero-order valence-corrected chi connectivity index (χ0v) is 26.7. The minimum absolute atomic E-state index is 0.0389. The van der Waals surface area contributed by atoms with E-state index in [9.17, 15) is 31.2 Å². The molecule has 2 amide bonds. The van der Waals surface area contributed by atoms with Crippen molar-refractivity contribution >= 4 is 43.3 Å². The van der Waals surface area contributed by atoms with Crippen molar-refractivity contribution in [1.82, 2.24) is 14.9 Å². The number of anilines is 1. The molecule has 2 aliphatic heterocycles. The molecule has 3 N–H and O–H groups in total. The predicted octanol–water partition coefficient (Wildman–Crippen LogP) is 1.40. The molecule has 2 aromatic carbocycles. The second kappa shape index (κ2) is 14.2. The molecule has 0 aromatic heterocycles. The Morgan fingerprint density at radius 1 is 1.00 bits per heavy atom. The molecule has 2 fully saturated rings. The number of nitrogens with one attached hydrogen (secondary N) is 3. The van der Waals surface area contributed by atoms with Gasteiger partial charge in [-0.3, -0.25) is 9.59 Å². The summed E-state index contributed by atoms with van der Waals surface area (Å²) < 4.78 is 58.9. The Balaban J connectivity index is 1.69. The number of amides is 2. The van der Waals surface area contributed by atoms with Crippen LogP contribution in [0.3, 0.4) is 0 Å². The van der Waals surface area contributed by atoms with Crippen LogP contribution in [0, 0.1) is 12.8 Å². The average Bonchev–Trinajstić information content (AvgIpc) is 2.97. The van der Waals surface area contributed by atoms with Crippen molar-refractivity contribution < 1.29 is 36.0 Å². The maximum atomic E-state index is 14.1. The van der Waals surface area contributed by atoms with Gasteiger partial charge in [-0.05, 0) is 76.5 Å². The van der Waals surface area contributed by atoms with E-state index in [0.29, 0.717) is 15.6 Å². The van der Waals surface area contributed by atoms with Gasteiger partial charge < -0.3 is 20.7 Å². The number of nitrogens with zero attached hydrogens (tertiary/aromatic N) is 1. The number of carbonyl (C=O) groups is 3. The Kier molecular flexibility index (Phi) is 10.8. The van der Waals surface area contributed by atoms with Crippen LogP contribution in [0.2, 0.25) is 0 Å². The molecule has 2 aromatic rings. The summed E-state index contributed by atoms with van der Waals surface area (Å²) in [6.45, 7) is 6.48. The highest BCUT2D eigenvalue weighted by atomic mass is 32.2. The Morgan fingerprint density at radius 3 is 2.23 bits per heavy atom. The highest BCUT2D eigenvalue weighted by Crippen LogP contribution is 2.25. The average molecular weight is 649 g/mol. The summed E-state index contributed by atoms with van der Waals surface area (Å²) in [4.78, 5) is 40.0. The molecule has 2 atom stereocenters. The Labute approximate surface area is 258 Å². The predicted molar refractivity (Wildman–Crippen MR) is 165 cm³/mol. The van der Waals surface area contributed by atoms with Crippen LogP contribution in [0.15, 0.2) is 53.4 Å². The molecule has 1 unspecified atom stereocenters. The standard InChI is InChI=1S/C30H40N4O8S2/c1-20(2)42-30(37)27(18-22-6-8-24(9-7-22)33-28(35)23-12-14-31-15-13-23)34(29(36)26-19-43(38,39)17-16-32-26)44(40,41)25-10-4-21(3)5-11-25/h4-11,20,23,26-27,31-32H,12-19H2,1-3H3,(H,33,35)/t26?,27-/m0/s1. The van der Waals surface area contributed by atoms with Gasteiger partial charge in [-0.15, -0.1) is 0 Å². The monoisotopic (exact) mass is 648 g/mol. The third-order valence-corrected chi connectivity index (χ3v) is 11.1. The van der Waals surface area contributed by atoms with Gasteiger partial charge >= 0.3 is 5.97 Å². The van der Waals surface area contributed by atoms with E-state index in [2.05, 4.69) is 16.0 Å². The van der Waals surface area contributed by atoms with E-state index in [0.717, 1.165) is 31.5 Å². The number of hydrogen-bond acceptors (Lipinski definition) is 10. The molecule has 0 saturated carbocycles. The van der Waals surface area contributed by atoms with E-state index in [-0.39, 0.29) is 35.4 Å². The Hall–Kier alpha value is -3.33. The first-order valence-corrected chi connectivity index (χ1v) is 17.9. The maximum Gasteiger partial charge on any atom is 0.330 e. The van der Waals surface area contributed by atoms with Crippen LogP contribution in [-0.2, 0) is 45.4 Å². The fourth-order valence-electron chi connectivity index (χ4n) is 5.21. The van der Waals surface area contributed by atoms with Gasteiger partial charge in [-0.1, -0.05) is 29.8 Å². The lowest BCUT2D eigenvalue weighted by atomic mass is 9.97. The van der Waals surface area contributed by atoms with E-state index in [4.69, 9.17) is 4.74 Å². The van der Waals surface area contributed by atoms with E-state index in [1.54, 1.807) is 57.2 Å². The van der Waals surface area contributed by atoms with E-state index in [1.807, 2.05) is 0 Å². The molecule has 0 radical (unpaired) electrons. The van der Waals surface area contributed by atoms with Gasteiger partial charge in [0, 0.05) is 24.6 Å². The summed E-state index contributed by atoms with van der Waals surface area (Å²) in [5.41, 5.74) is 1.82.